The lowest BCUT2D eigenvalue weighted by atomic mass is 9.95. The number of piperidine rings is 1. The van der Waals surface area contributed by atoms with Gasteiger partial charge in [-0.15, -0.1) is 0 Å². The van der Waals surface area contributed by atoms with Crippen LogP contribution in [-0.4, -0.2) is 36.3 Å². The van der Waals surface area contributed by atoms with Gasteiger partial charge < -0.3 is 10.2 Å². The Bertz CT molecular complexity index is 813. The predicted octanol–water partition coefficient (Wildman–Crippen LogP) is 3.35. The van der Waals surface area contributed by atoms with Gasteiger partial charge in [-0.05, 0) is 49.4 Å². The predicted molar refractivity (Wildman–Crippen MR) is 103 cm³/mol. The summed E-state index contributed by atoms with van der Waals surface area (Å²) in [5.74, 6) is -0.304. The first-order chi connectivity index (χ1) is 13.1. The van der Waals surface area contributed by atoms with Crippen LogP contribution in [0.2, 0.25) is 0 Å². The fourth-order valence-corrected chi connectivity index (χ4v) is 3.49. The standard InChI is InChI=1S/C22H25FN2O2/c1-16-6-2-4-8-19(16)22(27)25-14-11-18(12-15-25)21(26)24-13-10-17-7-3-5-9-20(17)23/h2-9,18H,10-15H2,1H3,(H,24,26). The molecule has 2 aromatic rings. The number of carbonyl (C=O) groups is 2. The Morgan fingerprint density at radius 3 is 2.44 bits per heavy atom. The third kappa shape index (κ3) is 4.73. The molecule has 1 aliphatic rings. The number of nitrogens with zero attached hydrogens (tertiary/aromatic N) is 1. The molecule has 0 radical (unpaired) electrons. The maximum Gasteiger partial charge on any atom is 0.254 e. The normalized spacial score (nSPS) is 14.8. The molecule has 0 bridgehead atoms. The van der Waals surface area contributed by atoms with Crippen LogP contribution in [0, 0.1) is 18.7 Å². The minimum Gasteiger partial charge on any atom is -0.356 e. The molecule has 1 heterocycles. The SMILES string of the molecule is Cc1ccccc1C(=O)N1CCC(C(=O)NCCc2ccccc2F)CC1. The van der Waals surface area contributed by atoms with Gasteiger partial charge in [0.1, 0.15) is 5.82 Å². The fraction of sp³-hybridized carbons (Fsp3) is 0.364. The summed E-state index contributed by atoms with van der Waals surface area (Å²) >= 11 is 0. The topological polar surface area (TPSA) is 49.4 Å². The van der Waals surface area contributed by atoms with Crippen molar-refractivity contribution in [2.24, 2.45) is 5.92 Å². The van der Waals surface area contributed by atoms with Gasteiger partial charge in [0.05, 0.1) is 0 Å². The molecule has 1 aliphatic heterocycles. The molecule has 0 saturated carbocycles. The van der Waals surface area contributed by atoms with Crippen LogP contribution in [0.4, 0.5) is 4.39 Å². The number of rotatable bonds is 5. The van der Waals surface area contributed by atoms with E-state index in [2.05, 4.69) is 5.32 Å². The summed E-state index contributed by atoms with van der Waals surface area (Å²) in [6.45, 7) is 3.52. The van der Waals surface area contributed by atoms with Gasteiger partial charge in [0.25, 0.3) is 5.91 Å². The van der Waals surface area contributed by atoms with Crippen molar-refractivity contribution in [3.05, 3.63) is 71.0 Å². The summed E-state index contributed by atoms with van der Waals surface area (Å²) in [7, 11) is 0. The molecule has 5 heteroatoms. The van der Waals surface area contributed by atoms with Gasteiger partial charge in [-0.1, -0.05) is 36.4 Å². The molecular weight excluding hydrogens is 343 g/mol. The van der Waals surface area contributed by atoms with Crippen molar-refractivity contribution in [1.29, 1.82) is 0 Å². The smallest absolute Gasteiger partial charge is 0.254 e. The van der Waals surface area contributed by atoms with E-state index in [1.807, 2.05) is 36.1 Å². The minimum atomic E-state index is -0.241. The van der Waals surface area contributed by atoms with E-state index in [4.69, 9.17) is 0 Å². The van der Waals surface area contributed by atoms with Gasteiger partial charge in [-0.25, -0.2) is 4.39 Å². The van der Waals surface area contributed by atoms with Gasteiger partial charge in [0, 0.05) is 31.1 Å². The first-order valence-corrected chi connectivity index (χ1v) is 9.42. The zero-order chi connectivity index (χ0) is 19.2. The maximum absolute atomic E-state index is 13.6. The highest BCUT2D eigenvalue weighted by Gasteiger charge is 2.28. The maximum atomic E-state index is 13.6. The van der Waals surface area contributed by atoms with E-state index in [0.29, 0.717) is 44.5 Å². The second-order valence-electron chi connectivity index (χ2n) is 7.01. The number of hydrogen-bond donors (Lipinski definition) is 1. The number of nitrogens with one attached hydrogen (secondary N) is 1. The van der Waals surface area contributed by atoms with Crippen LogP contribution in [0.3, 0.4) is 0 Å². The van der Waals surface area contributed by atoms with Crippen LogP contribution in [0.1, 0.15) is 34.3 Å². The number of likely N-dealkylation sites (tertiary alicyclic amines) is 1. The Morgan fingerprint density at radius 2 is 1.74 bits per heavy atom. The molecule has 27 heavy (non-hydrogen) atoms. The Morgan fingerprint density at radius 1 is 1.07 bits per heavy atom. The van der Waals surface area contributed by atoms with E-state index in [0.717, 1.165) is 11.1 Å². The molecule has 3 rings (SSSR count). The molecular formula is C22H25FN2O2. The van der Waals surface area contributed by atoms with Gasteiger partial charge in [0.2, 0.25) is 5.91 Å². The number of hydrogen-bond acceptors (Lipinski definition) is 2. The molecule has 1 fully saturated rings. The third-order valence-corrected chi connectivity index (χ3v) is 5.18. The molecule has 0 aromatic heterocycles. The Labute approximate surface area is 159 Å². The van der Waals surface area contributed by atoms with Crippen molar-refractivity contribution < 1.29 is 14.0 Å². The van der Waals surface area contributed by atoms with Crippen LogP contribution >= 0.6 is 0 Å². The highest BCUT2D eigenvalue weighted by molar-refractivity contribution is 5.95. The quantitative estimate of drug-likeness (QED) is 0.880. The molecule has 2 amide bonds. The summed E-state index contributed by atoms with van der Waals surface area (Å²) in [4.78, 5) is 26.8. The van der Waals surface area contributed by atoms with E-state index < -0.39 is 0 Å². The van der Waals surface area contributed by atoms with Crippen LogP contribution < -0.4 is 5.32 Å². The zero-order valence-corrected chi connectivity index (χ0v) is 15.6. The minimum absolute atomic E-state index is 0.00525. The highest BCUT2D eigenvalue weighted by Crippen LogP contribution is 2.20. The lowest BCUT2D eigenvalue weighted by molar-refractivity contribution is -0.126. The zero-order valence-electron chi connectivity index (χ0n) is 15.6. The molecule has 142 valence electrons. The van der Waals surface area contributed by atoms with Crippen molar-refractivity contribution in [1.82, 2.24) is 10.2 Å². The number of carbonyl (C=O) groups excluding carboxylic acids is 2. The lowest BCUT2D eigenvalue weighted by Crippen LogP contribution is -2.43. The van der Waals surface area contributed by atoms with Crippen molar-refractivity contribution in [3.8, 4) is 0 Å². The summed E-state index contributed by atoms with van der Waals surface area (Å²) in [5, 5.41) is 2.90. The molecule has 4 nitrogen and oxygen atoms in total. The van der Waals surface area contributed by atoms with Crippen LogP contribution in [0.15, 0.2) is 48.5 Å². The van der Waals surface area contributed by atoms with Crippen molar-refractivity contribution >= 4 is 11.8 Å². The van der Waals surface area contributed by atoms with Gasteiger partial charge in [-0.2, -0.15) is 0 Å². The highest BCUT2D eigenvalue weighted by atomic mass is 19.1. The fourth-order valence-electron chi connectivity index (χ4n) is 3.49. The molecule has 0 spiro atoms. The second kappa shape index (κ2) is 8.80. The Balaban J connectivity index is 1.46. The molecule has 2 aromatic carbocycles. The van der Waals surface area contributed by atoms with Gasteiger partial charge in [-0.3, -0.25) is 9.59 Å². The first-order valence-electron chi connectivity index (χ1n) is 9.42. The van der Waals surface area contributed by atoms with Crippen molar-refractivity contribution in [3.63, 3.8) is 0 Å². The third-order valence-electron chi connectivity index (χ3n) is 5.18. The monoisotopic (exact) mass is 368 g/mol. The van der Waals surface area contributed by atoms with Crippen LogP contribution in [0.5, 0.6) is 0 Å². The van der Waals surface area contributed by atoms with E-state index in [9.17, 15) is 14.0 Å². The van der Waals surface area contributed by atoms with Crippen LogP contribution in [-0.2, 0) is 11.2 Å². The summed E-state index contributed by atoms with van der Waals surface area (Å²) < 4.78 is 13.6. The number of benzene rings is 2. The van der Waals surface area contributed by atoms with E-state index in [1.54, 1.807) is 18.2 Å². The Hall–Kier alpha value is -2.69. The first kappa shape index (κ1) is 19.1. The molecule has 0 aliphatic carbocycles. The number of halogens is 1. The summed E-state index contributed by atoms with van der Waals surface area (Å²) in [6.07, 6.45) is 1.79. The average molecular weight is 368 g/mol. The largest absolute Gasteiger partial charge is 0.356 e. The van der Waals surface area contributed by atoms with Crippen molar-refractivity contribution in [2.75, 3.05) is 19.6 Å². The molecule has 0 atom stereocenters. The van der Waals surface area contributed by atoms with E-state index in [1.165, 1.54) is 6.07 Å². The lowest BCUT2D eigenvalue weighted by Gasteiger charge is -2.31. The summed E-state index contributed by atoms with van der Waals surface area (Å²) in [5.41, 5.74) is 2.30. The van der Waals surface area contributed by atoms with Crippen molar-refractivity contribution in [2.45, 2.75) is 26.2 Å². The van der Waals surface area contributed by atoms with E-state index >= 15 is 0 Å². The molecule has 1 N–H and O–H groups in total. The second-order valence-corrected chi connectivity index (χ2v) is 7.01. The van der Waals surface area contributed by atoms with Gasteiger partial charge in [0.15, 0.2) is 0 Å². The summed E-state index contributed by atoms with van der Waals surface area (Å²) in [6, 6.07) is 14.2. The average Bonchev–Trinajstić information content (AvgIpc) is 2.69. The molecule has 0 unspecified atom stereocenters. The number of amides is 2. The Kier molecular flexibility index (Phi) is 6.22. The van der Waals surface area contributed by atoms with Gasteiger partial charge >= 0.3 is 0 Å². The molecule has 1 saturated heterocycles. The number of aryl methyl sites for hydroxylation is 1. The van der Waals surface area contributed by atoms with Crippen LogP contribution in [0.25, 0.3) is 0 Å². The van der Waals surface area contributed by atoms with E-state index in [-0.39, 0.29) is 23.5 Å².